The molecule has 2 aliphatic heterocycles. The molecule has 2 atom stereocenters. The van der Waals surface area contributed by atoms with Gasteiger partial charge in [-0.2, -0.15) is 4.37 Å². The van der Waals surface area contributed by atoms with E-state index >= 15 is 0 Å². The fraction of sp³-hybridized carbons (Fsp3) is 0.500. The number of nitrogens with zero attached hydrogens (tertiary/aromatic N) is 4. The molecule has 1 aromatic heterocycles. The SMILES string of the molecule is O=C(Cc1ccccc1)OC[N+]1(CCCCN2C(=O)C3CCCCC3C2=O)CCN(c2nsc3ccccc23)CC1. The molecular weight excluding hydrogens is 536 g/mol. The second kappa shape index (κ2) is 12.3. The number of hydrogen-bond donors (Lipinski definition) is 0. The van der Waals surface area contributed by atoms with Crippen LogP contribution < -0.4 is 4.90 Å². The first-order chi connectivity index (χ1) is 20.0. The Kier molecular flexibility index (Phi) is 8.35. The van der Waals surface area contributed by atoms with Crippen molar-refractivity contribution in [3.8, 4) is 0 Å². The Labute approximate surface area is 245 Å². The van der Waals surface area contributed by atoms with Crippen LogP contribution in [0.1, 0.15) is 44.1 Å². The van der Waals surface area contributed by atoms with E-state index in [-0.39, 0.29) is 36.0 Å². The van der Waals surface area contributed by atoms with Crippen molar-refractivity contribution < 1.29 is 23.6 Å². The van der Waals surface area contributed by atoms with E-state index < -0.39 is 0 Å². The predicted octanol–water partition coefficient (Wildman–Crippen LogP) is 4.63. The van der Waals surface area contributed by atoms with Crippen molar-refractivity contribution in [2.45, 2.75) is 44.9 Å². The number of carbonyl (C=O) groups is 3. The van der Waals surface area contributed by atoms with Gasteiger partial charge in [-0.05, 0) is 54.9 Å². The summed E-state index contributed by atoms with van der Waals surface area (Å²) in [5.41, 5.74) is 0.949. The number of likely N-dealkylation sites (tertiary alicyclic amines) is 1. The maximum atomic E-state index is 12.9. The lowest BCUT2D eigenvalue weighted by Gasteiger charge is -2.44. The van der Waals surface area contributed by atoms with Crippen molar-refractivity contribution in [2.24, 2.45) is 11.8 Å². The molecule has 0 bridgehead atoms. The maximum absolute atomic E-state index is 12.9. The van der Waals surface area contributed by atoms with Gasteiger partial charge in [0.05, 0.1) is 55.7 Å². The van der Waals surface area contributed by atoms with Crippen molar-refractivity contribution >= 4 is 45.2 Å². The average molecular weight is 576 g/mol. The molecule has 2 unspecified atom stereocenters. The number of quaternary nitrogens is 1. The second-order valence-electron chi connectivity index (χ2n) is 11.8. The predicted molar refractivity (Wildman–Crippen MR) is 159 cm³/mol. The third kappa shape index (κ3) is 6.02. The van der Waals surface area contributed by atoms with Crippen LogP contribution >= 0.6 is 11.5 Å². The molecule has 0 radical (unpaired) electrons. The number of fused-ring (bicyclic) bond motifs is 2. The van der Waals surface area contributed by atoms with Crippen LogP contribution in [0.4, 0.5) is 5.82 Å². The number of esters is 1. The van der Waals surface area contributed by atoms with E-state index in [1.54, 1.807) is 0 Å². The molecule has 8 nitrogen and oxygen atoms in total. The van der Waals surface area contributed by atoms with Gasteiger partial charge in [-0.1, -0.05) is 55.3 Å². The highest BCUT2D eigenvalue weighted by molar-refractivity contribution is 7.13. The molecule has 0 spiro atoms. The molecule has 1 saturated carbocycles. The summed E-state index contributed by atoms with van der Waals surface area (Å²) < 4.78 is 12.5. The van der Waals surface area contributed by atoms with E-state index in [0.717, 1.165) is 82.6 Å². The first-order valence-electron chi connectivity index (χ1n) is 15.0. The Morgan fingerprint density at radius 1 is 0.927 bits per heavy atom. The Bertz CT molecular complexity index is 1360. The van der Waals surface area contributed by atoms with Crippen LogP contribution in [0, 0.1) is 11.8 Å². The minimum atomic E-state index is -0.211. The highest BCUT2D eigenvalue weighted by Crippen LogP contribution is 2.38. The van der Waals surface area contributed by atoms with Crippen molar-refractivity contribution in [1.82, 2.24) is 9.27 Å². The number of hydrogen-bond acceptors (Lipinski definition) is 7. The molecule has 9 heteroatoms. The average Bonchev–Trinajstić information content (AvgIpc) is 3.54. The van der Waals surface area contributed by atoms with E-state index in [1.807, 2.05) is 36.4 Å². The van der Waals surface area contributed by atoms with Gasteiger partial charge in [0.2, 0.25) is 18.5 Å². The number of carbonyl (C=O) groups excluding carboxylic acids is 3. The molecule has 3 aliphatic rings. The molecule has 3 fully saturated rings. The van der Waals surface area contributed by atoms with Gasteiger partial charge in [0.15, 0.2) is 5.82 Å². The number of aromatic nitrogens is 1. The Balaban J connectivity index is 1.08. The zero-order chi connectivity index (χ0) is 28.2. The molecule has 2 aromatic carbocycles. The standard InChI is InChI=1S/C32H39N4O4S/c37-29(22-24-10-2-1-3-11-24)40-23-36(19-9-8-16-35-31(38)25-12-4-5-13-26(25)32(35)39)20-17-34(18-21-36)30-27-14-6-7-15-28(27)41-33-30/h1-3,6-7,10-11,14-15,25-26H,4-5,8-9,12-13,16-23H2/q+1. The molecule has 216 valence electrons. The summed E-state index contributed by atoms with van der Waals surface area (Å²) in [5.74, 6) is 0.738. The fourth-order valence-corrected chi connectivity index (χ4v) is 7.61. The maximum Gasteiger partial charge on any atom is 0.314 e. The summed E-state index contributed by atoms with van der Waals surface area (Å²) >= 11 is 1.53. The van der Waals surface area contributed by atoms with Gasteiger partial charge < -0.3 is 9.64 Å². The summed E-state index contributed by atoms with van der Waals surface area (Å²) in [7, 11) is 0. The highest BCUT2D eigenvalue weighted by Gasteiger charge is 2.47. The van der Waals surface area contributed by atoms with Crippen LogP contribution in [-0.2, 0) is 25.5 Å². The number of benzene rings is 2. The van der Waals surface area contributed by atoms with Crippen molar-refractivity contribution in [3.63, 3.8) is 0 Å². The van der Waals surface area contributed by atoms with Gasteiger partial charge in [0.25, 0.3) is 0 Å². The third-order valence-electron chi connectivity index (χ3n) is 9.23. The molecule has 2 saturated heterocycles. The summed E-state index contributed by atoms with van der Waals surface area (Å²) in [4.78, 5) is 42.5. The molecule has 3 heterocycles. The number of imide groups is 1. The smallest absolute Gasteiger partial charge is 0.314 e. The van der Waals surface area contributed by atoms with Crippen molar-refractivity contribution in [2.75, 3.05) is 50.9 Å². The Morgan fingerprint density at radius 2 is 1.61 bits per heavy atom. The van der Waals surface area contributed by atoms with Crippen LogP contribution in [0.15, 0.2) is 54.6 Å². The number of amides is 2. The van der Waals surface area contributed by atoms with Gasteiger partial charge in [-0.15, -0.1) is 0 Å². The van der Waals surface area contributed by atoms with E-state index in [2.05, 4.69) is 23.1 Å². The van der Waals surface area contributed by atoms with E-state index in [9.17, 15) is 14.4 Å². The molecule has 41 heavy (non-hydrogen) atoms. The van der Waals surface area contributed by atoms with E-state index in [1.165, 1.54) is 26.5 Å². The molecule has 0 N–H and O–H groups in total. The third-order valence-corrected chi connectivity index (χ3v) is 10.1. The zero-order valence-corrected chi connectivity index (χ0v) is 24.4. The van der Waals surface area contributed by atoms with Crippen LogP contribution in [0.2, 0.25) is 0 Å². The number of unbranched alkanes of at least 4 members (excludes halogenated alkanes) is 1. The highest BCUT2D eigenvalue weighted by atomic mass is 32.1. The van der Waals surface area contributed by atoms with Crippen molar-refractivity contribution in [3.05, 3.63) is 60.2 Å². The molecular formula is C32H39N4O4S+. The monoisotopic (exact) mass is 575 g/mol. The second-order valence-corrected chi connectivity index (χ2v) is 12.6. The van der Waals surface area contributed by atoms with Crippen LogP contribution in [0.3, 0.4) is 0 Å². The Hall–Kier alpha value is -3.30. The lowest BCUT2D eigenvalue weighted by Crippen LogP contribution is -2.61. The first kappa shape index (κ1) is 27.8. The molecule has 1 aliphatic carbocycles. The zero-order valence-electron chi connectivity index (χ0n) is 23.6. The number of ether oxygens (including phenoxy) is 1. The summed E-state index contributed by atoms with van der Waals surface area (Å²) in [6.07, 6.45) is 5.70. The largest absolute Gasteiger partial charge is 0.415 e. The van der Waals surface area contributed by atoms with Crippen LogP contribution in [0.5, 0.6) is 0 Å². The molecule has 6 rings (SSSR count). The quantitative estimate of drug-likeness (QED) is 0.152. The lowest BCUT2D eigenvalue weighted by molar-refractivity contribution is -0.944. The van der Waals surface area contributed by atoms with Gasteiger partial charge >= 0.3 is 5.97 Å². The number of anilines is 1. The minimum absolute atomic E-state index is 0.0440. The van der Waals surface area contributed by atoms with E-state index in [4.69, 9.17) is 9.11 Å². The fourth-order valence-electron chi connectivity index (χ4n) is 6.81. The van der Waals surface area contributed by atoms with Crippen LogP contribution in [-0.4, -0.2) is 77.5 Å². The van der Waals surface area contributed by atoms with Crippen LogP contribution in [0.25, 0.3) is 10.1 Å². The summed E-state index contributed by atoms with van der Waals surface area (Å²) in [5, 5.41) is 1.19. The van der Waals surface area contributed by atoms with Crippen molar-refractivity contribution in [1.29, 1.82) is 0 Å². The van der Waals surface area contributed by atoms with E-state index in [0.29, 0.717) is 17.8 Å². The summed E-state index contributed by atoms with van der Waals surface area (Å²) in [6.45, 7) is 5.02. The number of rotatable bonds is 10. The normalized spacial score (nSPS) is 22.2. The lowest BCUT2D eigenvalue weighted by atomic mass is 9.81. The molecule has 2 amide bonds. The van der Waals surface area contributed by atoms with Gasteiger partial charge in [-0.25, -0.2) is 0 Å². The Morgan fingerprint density at radius 3 is 2.34 bits per heavy atom. The number of piperazine rings is 1. The minimum Gasteiger partial charge on any atom is -0.415 e. The van der Waals surface area contributed by atoms with Gasteiger partial charge in [-0.3, -0.25) is 23.8 Å². The first-order valence-corrected chi connectivity index (χ1v) is 15.8. The molecule has 3 aromatic rings. The van der Waals surface area contributed by atoms with Gasteiger partial charge in [0.1, 0.15) is 0 Å². The topological polar surface area (TPSA) is 79.8 Å². The summed E-state index contributed by atoms with van der Waals surface area (Å²) in [6, 6.07) is 18.0. The van der Waals surface area contributed by atoms with Gasteiger partial charge in [0, 0.05) is 11.9 Å².